The molecule has 5 aromatic rings. The van der Waals surface area contributed by atoms with Crippen molar-refractivity contribution < 1.29 is 42.2 Å². The molecule has 5 N–H and O–H groups in total. The zero-order chi connectivity index (χ0) is 52.6. The summed E-state index contributed by atoms with van der Waals surface area (Å²) < 4.78 is 47.8. The number of thiazole rings is 1. The molecule has 390 valence electrons. The molecule has 0 spiro atoms. The Balaban J connectivity index is 0.793. The van der Waals surface area contributed by atoms with Crippen molar-refractivity contribution in [3.05, 3.63) is 100 Å². The van der Waals surface area contributed by atoms with Crippen molar-refractivity contribution in [3.63, 3.8) is 0 Å². The molecule has 4 amide bonds. The number of nitrogens with one attached hydrogen (secondary N) is 4. The highest BCUT2D eigenvalue weighted by Crippen LogP contribution is 2.35. The van der Waals surface area contributed by atoms with Gasteiger partial charge in [0.15, 0.2) is 0 Å². The van der Waals surface area contributed by atoms with Crippen molar-refractivity contribution in [3.8, 4) is 27.8 Å². The Labute approximate surface area is 426 Å². The largest absolute Gasteiger partial charge is 0.417 e. The number of halogens is 3. The molecular weight excluding hydrogens is 966 g/mol. The lowest BCUT2D eigenvalue weighted by Crippen LogP contribution is -2.59. The third kappa shape index (κ3) is 14.2. The van der Waals surface area contributed by atoms with Crippen LogP contribution in [0.5, 0.6) is 0 Å². The second kappa shape index (κ2) is 23.6. The van der Waals surface area contributed by atoms with Crippen LogP contribution in [0.25, 0.3) is 21.7 Å². The zero-order valence-corrected chi connectivity index (χ0v) is 42.6. The van der Waals surface area contributed by atoms with Gasteiger partial charge in [-0.05, 0) is 68.0 Å². The van der Waals surface area contributed by atoms with Crippen LogP contribution in [0.3, 0.4) is 0 Å². The average Bonchev–Trinajstić information content (AvgIpc) is 4.18. The van der Waals surface area contributed by atoms with E-state index in [2.05, 4.69) is 41.1 Å². The number of aromatic nitrogens is 5. The van der Waals surface area contributed by atoms with E-state index in [9.17, 15) is 37.5 Å². The molecule has 18 nitrogen and oxygen atoms in total. The molecule has 7 rings (SSSR count). The number of likely N-dealkylation sites (tertiary alicyclic amines) is 1. The van der Waals surface area contributed by atoms with Crippen LogP contribution in [-0.4, -0.2) is 145 Å². The molecule has 0 aliphatic carbocycles. The Morgan fingerprint density at radius 1 is 0.973 bits per heavy atom. The second-order valence-corrected chi connectivity index (χ2v) is 20.7. The highest BCUT2D eigenvalue weighted by Gasteiger charge is 2.45. The predicted octanol–water partition coefficient (Wildman–Crippen LogP) is 5.31. The number of carbonyl (C=O) groups excluding carboxylic acids is 4. The molecule has 2 aliphatic heterocycles. The Morgan fingerprint density at radius 2 is 1.68 bits per heavy atom. The number of alkyl halides is 3. The lowest BCUT2D eigenvalue weighted by Gasteiger charge is -2.37. The first-order valence-electron chi connectivity index (χ1n) is 24.3. The summed E-state index contributed by atoms with van der Waals surface area (Å²) in [6.45, 7) is 15.8. The molecule has 73 heavy (non-hydrogen) atoms. The lowest BCUT2D eigenvalue weighted by molar-refractivity contribution is -0.144. The van der Waals surface area contributed by atoms with Gasteiger partial charge in [-0.25, -0.2) is 4.98 Å². The number of piperazine rings is 1. The molecule has 5 heterocycles. The number of aryl methyl sites for hydroxylation is 1. The minimum atomic E-state index is -4.69. The van der Waals surface area contributed by atoms with Gasteiger partial charge in [-0.1, -0.05) is 51.1 Å². The minimum Gasteiger partial charge on any atom is -0.391 e. The Hall–Kier alpha value is -6.51. The number of amides is 4. The number of β-amino-alcohol motifs (C(OH)–C–C–N with tert-alkyl or cyclic N) is 1. The number of benzene rings is 2. The van der Waals surface area contributed by atoms with E-state index in [-0.39, 0.29) is 61.8 Å². The summed E-state index contributed by atoms with van der Waals surface area (Å²) >= 11 is 1.57. The maximum absolute atomic E-state index is 14.2. The molecule has 2 aromatic carbocycles. The number of aliphatic hydroxyl groups excluding tert-OH is 1. The first-order valence-corrected chi connectivity index (χ1v) is 25.2. The fraction of sp³-hybridized carbons (Fsp3) is 0.490. The van der Waals surface area contributed by atoms with Crippen LogP contribution in [0.4, 0.5) is 13.2 Å². The Bertz CT molecular complexity index is 2760. The molecule has 3 aromatic heterocycles. The number of nitriles is 1. The second-order valence-electron chi connectivity index (χ2n) is 19.9. The summed E-state index contributed by atoms with van der Waals surface area (Å²) in [5.74, 6) is -1.50. The van der Waals surface area contributed by atoms with Crippen LogP contribution in [-0.2, 0) is 38.4 Å². The normalized spacial score (nSPS) is 18.0. The summed E-state index contributed by atoms with van der Waals surface area (Å²) in [5.41, 5.74) is 3.80. The maximum atomic E-state index is 14.2. The van der Waals surface area contributed by atoms with Crippen LogP contribution in [0.1, 0.15) is 92.1 Å². The number of nitrogens with zero attached hydrogens (tertiary/aromatic N) is 8. The van der Waals surface area contributed by atoms with Crippen LogP contribution >= 0.6 is 11.3 Å². The van der Waals surface area contributed by atoms with Gasteiger partial charge in [0, 0.05) is 70.1 Å². The molecule has 0 saturated carbocycles. The van der Waals surface area contributed by atoms with Crippen LogP contribution in [0.2, 0.25) is 0 Å². The summed E-state index contributed by atoms with van der Waals surface area (Å²) in [6, 6.07) is 13.5. The van der Waals surface area contributed by atoms with Crippen molar-refractivity contribution in [1.29, 1.82) is 5.26 Å². The third-order valence-corrected chi connectivity index (χ3v) is 14.0. The first kappa shape index (κ1) is 54.3. The number of hydrogen-bond acceptors (Lipinski definition) is 13. The zero-order valence-electron chi connectivity index (χ0n) is 41.8. The quantitative estimate of drug-likeness (QED) is 0.0664. The van der Waals surface area contributed by atoms with Crippen molar-refractivity contribution in [2.45, 2.75) is 104 Å². The van der Waals surface area contributed by atoms with Gasteiger partial charge in [-0.2, -0.15) is 28.6 Å². The van der Waals surface area contributed by atoms with E-state index in [1.807, 2.05) is 69.3 Å². The van der Waals surface area contributed by atoms with Gasteiger partial charge in [-0.15, -0.1) is 11.3 Å². The molecule has 2 aliphatic rings. The molecule has 22 heteroatoms. The molecule has 0 radical (unpaired) electrons. The topological polar surface area (TPSA) is 227 Å². The lowest BCUT2D eigenvalue weighted by atomic mass is 9.85. The molecule has 5 atom stereocenters. The van der Waals surface area contributed by atoms with Gasteiger partial charge in [0.05, 0.1) is 76.5 Å². The number of rotatable bonds is 19. The fourth-order valence-electron chi connectivity index (χ4n) is 9.00. The predicted molar refractivity (Wildman–Crippen MR) is 266 cm³/mol. The average molecular weight is 1030 g/mol. The molecule has 2 fully saturated rings. The van der Waals surface area contributed by atoms with Gasteiger partial charge in [-0.3, -0.25) is 33.9 Å². The van der Waals surface area contributed by atoms with Crippen molar-refractivity contribution >= 4 is 35.0 Å². The van der Waals surface area contributed by atoms with Crippen molar-refractivity contribution in [2.24, 2.45) is 5.41 Å². The number of H-pyrrole nitrogens is 1. The van der Waals surface area contributed by atoms with Crippen LogP contribution in [0, 0.1) is 23.7 Å². The number of ether oxygens (including phenoxy) is 1. The van der Waals surface area contributed by atoms with E-state index in [4.69, 9.17) is 10.00 Å². The van der Waals surface area contributed by atoms with E-state index >= 15 is 0 Å². The molecule has 2 saturated heterocycles. The van der Waals surface area contributed by atoms with Gasteiger partial charge < -0.3 is 35.6 Å². The number of hydrogen-bond donors (Lipinski definition) is 5. The van der Waals surface area contributed by atoms with Gasteiger partial charge in [0.2, 0.25) is 17.7 Å². The van der Waals surface area contributed by atoms with E-state index in [1.165, 1.54) is 15.6 Å². The molecule has 3 unspecified atom stereocenters. The summed E-state index contributed by atoms with van der Waals surface area (Å²) in [4.78, 5) is 65.5. The van der Waals surface area contributed by atoms with Gasteiger partial charge >= 0.3 is 6.18 Å². The highest BCUT2D eigenvalue weighted by atomic mass is 32.1. The standard InChI is InChI=1S/C51H63F3N12O6S/c1-31(26-65-16-14-41(62-65)36-12-13-37(25-55)40(22-36)51(52,53)54)57-47(69)42-23-38(60-61-42)29-72-21-7-15-63-17-19-64(20-18-63)28-44(68)59-46(50(4,5)6)49(71)66-27-39(67)24-43(66)48(70)58-32(2)34-8-10-35(11-9-34)45-33(3)56-30-73-45/h8-14,16,22-23,30-32,39,43,46,67H,7,15,17-21,24,26-29H2,1-6H3,(H,57,69)(H,58,70)(H,59,68)(H,60,61)/t31?,32?,39-,43+,46?/m1/s1. The highest BCUT2D eigenvalue weighted by molar-refractivity contribution is 7.13. The molecule has 0 bridgehead atoms. The first-order chi connectivity index (χ1) is 34.7. The summed E-state index contributed by atoms with van der Waals surface area (Å²) in [7, 11) is 0. The Kier molecular flexibility index (Phi) is 17.5. The number of aliphatic hydroxyl groups is 1. The van der Waals surface area contributed by atoms with Gasteiger partial charge in [0.1, 0.15) is 17.8 Å². The maximum Gasteiger partial charge on any atom is 0.417 e. The van der Waals surface area contributed by atoms with Crippen molar-refractivity contribution in [1.82, 2.24) is 55.6 Å². The SMILES string of the molecule is Cc1ncsc1-c1ccc(C(C)NC(=O)[C@@H]2C[C@@H](O)CN2C(=O)C(NC(=O)CN2CCN(CCCOCc3cc(C(=O)NC(C)Cn4ccc(-c5ccc(C#N)c(C(F)(F)F)c5)n4)n[nH]3)CC2)C(C)(C)C)cc1. The molecular formula is C51H63F3N12O6S. The van der Waals surface area contributed by atoms with Gasteiger partial charge in [0.25, 0.3) is 5.91 Å². The van der Waals surface area contributed by atoms with E-state index in [1.54, 1.807) is 42.7 Å². The summed E-state index contributed by atoms with van der Waals surface area (Å²) in [6.07, 6.45) is -3.12. The minimum absolute atomic E-state index is 0.0133. The Morgan fingerprint density at radius 3 is 2.36 bits per heavy atom. The monoisotopic (exact) mass is 1030 g/mol. The fourth-order valence-corrected chi connectivity index (χ4v) is 9.81. The number of carbonyl (C=O) groups is 4. The summed E-state index contributed by atoms with van der Waals surface area (Å²) in [5, 5.41) is 39.9. The van der Waals surface area contributed by atoms with Crippen molar-refractivity contribution in [2.75, 3.05) is 52.4 Å². The number of aromatic amines is 1. The third-order valence-electron chi connectivity index (χ3n) is 13.0. The van der Waals surface area contributed by atoms with Crippen LogP contribution < -0.4 is 16.0 Å². The van der Waals surface area contributed by atoms with E-state index < -0.39 is 58.8 Å². The van der Waals surface area contributed by atoms with E-state index in [0.29, 0.717) is 31.1 Å². The van der Waals surface area contributed by atoms with Crippen LogP contribution in [0.15, 0.2) is 66.3 Å². The smallest absolute Gasteiger partial charge is 0.391 e. The van der Waals surface area contributed by atoms with E-state index in [0.717, 1.165) is 59.9 Å².